The van der Waals surface area contributed by atoms with Crippen LogP contribution in [0.1, 0.15) is 50.6 Å². The summed E-state index contributed by atoms with van der Waals surface area (Å²) >= 11 is 6.21. The molecule has 0 radical (unpaired) electrons. The first-order chi connectivity index (χ1) is 15.2. The highest BCUT2D eigenvalue weighted by Crippen LogP contribution is 2.25. The Balaban J connectivity index is 1.56. The van der Waals surface area contributed by atoms with E-state index in [-0.39, 0.29) is 17.2 Å². The fourth-order valence-electron chi connectivity index (χ4n) is 3.70. The number of benzene rings is 3. The lowest BCUT2D eigenvalue weighted by molar-refractivity contribution is -0.122. The summed E-state index contributed by atoms with van der Waals surface area (Å²) in [5, 5.41) is 10.9. The first-order valence-electron chi connectivity index (χ1n) is 10.8. The maximum absolute atomic E-state index is 13.0. The quantitative estimate of drug-likeness (QED) is 0.386. The lowest BCUT2D eigenvalue weighted by Gasteiger charge is -2.14. The summed E-state index contributed by atoms with van der Waals surface area (Å²) in [4.78, 5) is 13.0. The molecule has 0 bridgehead atoms. The molecule has 4 nitrogen and oxygen atoms in total. The number of halogens is 1. The van der Waals surface area contributed by atoms with Crippen LogP contribution in [-0.2, 0) is 16.8 Å². The molecular weight excluding hydrogens is 418 g/mol. The number of nitrogens with one attached hydrogen (secondary N) is 1. The van der Waals surface area contributed by atoms with E-state index in [1.807, 2.05) is 54.1 Å². The van der Waals surface area contributed by atoms with Crippen molar-refractivity contribution in [3.05, 3.63) is 94.8 Å². The van der Waals surface area contributed by atoms with Crippen LogP contribution in [0.25, 0.3) is 16.5 Å². The molecule has 1 N–H and O–H groups in total. The van der Waals surface area contributed by atoms with Crippen molar-refractivity contribution in [1.82, 2.24) is 15.1 Å². The van der Waals surface area contributed by atoms with E-state index >= 15 is 0 Å². The molecule has 0 spiro atoms. The highest BCUT2D eigenvalue weighted by Gasteiger charge is 2.22. The zero-order valence-electron chi connectivity index (χ0n) is 18.9. The Morgan fingerprint density at radius 2 is 1.75 bits per heavy atom. The largest absolute Gasteiger partial charge is 0.350 e. The number of rotatable bonds is 5. The number of hydrogen-bond acceptors (Lipinski definition) is 2. The Morgan fingerprint density at radius 3 is 2.47 bits per heavy atom. The number of hydrogen-bond donors (Lipinski definition) is 1. The van der Waals surface area contributed by atoms with Crippen LogP contribution in [0.3, 0.4) is 0 Å². The van der Waals surface area contributed by atoms with Gasteiger partial charge in [0.25, 0.3) is 0 Å². The highest BCUT2D eigenvalue weighted by molar-refractivity contribution is 6.30. The van der Waals surface area contributed by atoms with Gasteiger partial charge in [0.15, 0.2) is 0 Å². The van der Waals surface area contributed by atoms with Gasteiger partial charge in [0.1, 0.15) is 0 Å². The van der Waals surface area contributed by atoms with E-state index in [0.29, 0.717) is 11.6 Å². The second-order valence-electron chi connectivity index (χ2n) is 9.21. The Bertz CT molecular complexity index is 1270. The molecule has 1 heterocycles. The van der Waals surface area contributed by atoms with Gasteiger partial charge >= 0.3 is 0 Å². The summed E-state index contributed by atoms with van der Waals surface area (Å²) in [6, 6.07) is 24.0. The standard InChI is InChI=1S/C27H28ClN3O/c1-18(20-13-12-19-8-5-6-9-21(19)14-20)26(32)29-17-24-16-25(27(2,3)4)30-31(24)23-11-7-10-22(28)15-23/h5-16,18H,17H2,1-4H3,(H,29,32). The SMILES string of the molecule is CC(C(=O)NCc1cc(C(C)(C)C)nn1-c1cccc(Cl)c1)c1ccc2ccccc2c1. The average molecular weight is 446 g/mol. The van der Waals surface area contributed by atoms with Crippen molar-refractivity contribution in [2.24, 2.45) is 0 Å². The molecule has 4 rings (SSSR count). The topological polar surface area (TPSA) is 46.9 Å². The predicted molar refractivity (Wildman–Crippen MR) is 131 cm³/mol. The molecule has 0 fully saturated rings. The zero-order valence-corrected chi connectivity index (χ0v) is 19.6. The lowest BCUT2D eigenvalue weighted by atomic mass is 9.92. The average Bonchev–Trinajstić information content (AvgIpc) is 3.21. The van der Waals surface area contributed by atoms with Gasteiger partial charge in [-0.3, -0.25) is 4.79 Å². The smallest absolute Gasteiger partial charge is 0.227 e. The normalized spacial score (nSPS) is 12.7. The third-order valence-electron chi connectivity index (χ3n) is 5.71. The van der Waals surface area contributed by atoms with Crippen LogP contribution in [0.2, 0.25) is 5.02 Å². The van der Waals surface area contributed by atoms with Crippen LogP contribution in [-0.4, -0.2) is 15.7 Å². The van der Waals surface area contributed by atoms with Crippen LogP contribution in [0, 0.1) is 0 Å². The maximum atomic E-state index is 13.0. The second-order valence-corrected chi connectivity index (χ2v) is 9.65. The van der Waals surface area contributed by atoms with Crippen LogP contribution < -0.4 is 5.32 Å². The fourth-order valence-corrected chi connectivity index (χ4v) is 3.89. The van der Waals surface area contributed by atoms with Crippen molar-refractivity contribution in [3.63, 3.8) is 0 Å². The minimum absolute atomic E-state index is 0.0172. The monoisotopic (exact) mass is 445 g/mol. The molecule has 5 heteroatoms. The molecular formula is C27H28ClN3O. The molecule has 0 aliphatic rings. The van der Waals surface area contributed by atoms with E-state index in [0.717, 1.165) is 28.0 Å². The number of carbonyl (C=O) groups is 1. The van der Waals surface area contributed by atoms with Gasteiger partial charge in [0.05, 0.1) is 29.5 Å². The van der Waals surface area contributed by atoms with E-state index < -0.39 is 0 Å². The lowest BCUT2D eigenvalue weighted by Crippen LogP contribution is -2.28. The van der Waals surface area contributed by atoms with Crippen molar-refractivity contribution in [1.29, 1.82) is 0 Å². The fraction of sp³-hybridized carbons (Fsp3) is 0.259. The molecule has 0 aliphatic heterocycles. The zero-order chi connectivity index (χ0) is 22.9. The Kier molecular flexibility index (Phi) is 6.07. The van der Waals surface area contributed by atoms with E-state index in [1.165, 1.54) is 5.39 Å². The molecule has 1 unspecified atom stereocenters. The Morgan fingerprint density at radius 1 is 1.00 bits per heavy atom. The van der Waals surface area contributed by atoms with Gasteiger partial charge in [-0.2, -0.15) is 5.10 Å². The van der Waals surface area contributed by atoms with Gasteiger partial charge in [0, 0.05) is 10.4 Å². The number of aromatic nitrogens is 2. The van der Waals surface area contributed by atoms with Crippen LogP contribution in [0.4, 0.5) is 0 Å². The first kappa shape index (κ1) is 22.1. The minimum atomic E-state index is -0.260. The summed E-state index contributed by atoms with van der Waals surface area (Å²) in [6.45, 7) is 8.70. The van der Waals surface area contributed by atoms with Crippen molar-refractivity contribution in [3.8, 4) is 5.69 Å². The summed E-state index contributed by atoms with van der Waals surface area (Å²) in [5.74, 6) is -0.277. The van der Waals surface area contributed by atoms with Gasteiger partial charge in [-0.15, -0.1) is 0 Å². The van der Waals surface area contributed by atoms with Crippen molar-refractivity contribution < 1.29 is 4.79 Å². The van der Waals surface area contributed by atoms with Crippen LogP contribution in [0.5, 0.6) is 0 Å². The molecule has 1 amide bonds. The third kappa shape index (κ3) is 4.71. The van der Waals surface area contributed by atoms with Crippen molar-refractivity contribution in [2.45, 2.75) is 45.6 Å². The second kappa shape index (κ2) is 8.79. The number of fused-ring (bicyclic) bond motifs is 1. The first-order valence-corrected chi connectivity index (χ1v) is 11.2. The highest BCUT2D eigenvalue weighted by atomic mass is 35.5. The molecule has 4 aromatic rings. The Labute approximate surface area is 194 Å². The van der Waals surface area contributed by atoms with Crippen molar-refractivity contribution in [2.75, 3.05) is 0 Å². The molecule has 1 aromatic heterocycles. The molecule has 1 atom stereocenters. The van der Waals surface area contributed by atoms with Gasteiger partial charge in [-0.1, -0.05) is 80.9 Å². The molecule has 164 valence electrons. The molecule has 0 saturated carbocycles. The van der Waals surface area contributed by atoms with Crippen LogP contribution >= 0.6 is 11.6 Å². The minimum Gasteiger partial charge on any atom is -0.350 e. The van der Waals surface area contributed by atoms with E-state index in [2.05, 4.69) is 56.4 Å². The number of amides is 1. The third-order valence-corrected chi connectivity index (χ3v) is 5.95. The molecule has 0 aliphatic carbocycles. The molecule has 0 saturated heterocycles. The van der Waals surface area contributed by atoms with Gasteiger partial charge in [-0.05, 0) is 47.5 Å². The van der Waals surface area contributed by atoms with Gasteiger partial charge < -0.3 is 5.32 Å². The van der Waals surface area contributed by atoms with E-state index in [4.69, 9.17) is 16.7 Å². The molecule has 3 aromatic carbocycles. The van der Waals surface area contributed by atoms with E-state index in [9.17, 15) is 4.79 Å². The summed E-state index contributed by atoms with van der Waals surface area (Å²) in [7, 11) is 0. The van der Waals surface area contributed by atoms with Gasteiger partial charge in [0.2, 0.25) is 5.91 Å². The summed E-state index contributed by atoms with van der Waals surface area (Å²) in [5.41, 5.74) is 3.64. The summed E-state index contributed by atoms with van der Waals surface area (Å²) in [6.07, 6.45) is 0. The predicted octanol–water partition coefficient (Wildman–Crippen LogP) is 6.40. The van der Waals surface area contributed by atoms with Gasteiger partial charge in [-0.25, -0.2) is 4.68 Å². The summed E-state index contributed by atoms with van der Waals surface area (Å²) < 4.78 is 1.87. The Hall–Kier alpha value is -3.11. The van der Waals surface area contributed by atoms with Crippen molar-refractivity contribution >= 4 is 28.3 Å². The maximum Gasteiger partial charge on any atom is 0.227 e. The van der Waals surface area contributed by atoms with E-state index in [1.54, 1.807) is 0 Å². The number of carbonyl (C=O) groups excluding carboxylic acids is 1. The molecule has 32 heavy (non-hydrogen) atoms. The number of nitrogens with zero attached hydrogens (tertiary/aromatic N) is 2. The van der Waals surface area contributed by atoms with Crippen LogP contribution in [0.15, 0.2) is 72.8 Å².